The van der Waals surface area contributed by atoms with Crippen molar-refractivity contribution in [1.82, 2.24) is 0 Å². The Hall–Kier alpha value is -0.540. The molecule has 0 saturated carbocycles. The quantitative estimate of drug-likeness (QED) is 0.762. The predicted molar refractivity (Wildman–Crippen MR) is 58.2 cm³/mol. The zero-order chi connectivity index (χ0) is 10.0. The Kier molecular flexibility index (Phi) is 3.33. The van der Waals surface area contributed by atoms with Gasteiger partial charge in [-0.1, -0.05) is 11.6 Å². The highest BCUT2D eigenvalue weighted by Gasteiger charge is 2.08. The maximum atomic E-state index is 11.1. The van der Waals surface area contributed by atoms with Crippen LogP contribution in [-0.2, 0) is 4.79 Å². The minimum Gasteiger partial charge on any atom is -0.315 e. The first-order valence-electron chi connectivity index (χ1n) is 3.71. The summed E-state index contributed by atoms with van der Waals surface area (Å²) in [6.07, 6.45) is 0. The van der Waals surface area contributed by atoms with E-state index in [0.717, 1.165) is 10.2 Å². The molecule has 0 bridgehead atoms. The average molecular weight is 263 g/mol. The smallest absolute Gasteiger partial charge is 0.223 e. The second-order valence-corrected chi connectivity index (χ2v) is 3.96. The third kappa shape index (κ3) is 2.45. The Morgan fingerprint density at radius 2 is 2.15 bits per heavy atom. The predicted octanol–water partition coefficient (Wildman–Crippen LogP) is 3.09. The van der Waals surface area contributed by atoms with Gasteiger partial charge in [0.15, 0.2) is 0 Å². The fourth-order valence-electron chi connectivity index (χ4n) is 0.923. The van der Waals surface area contributed by atoms with Crippen LogP contribution < -0.4 is 4.90 Å². The Balaban J connectivity index is 3.08. The van der Waals surface area contributed by atoms with E-state index in [1.807, 2.05) is 0 Å². The maximum absolute atomic E-state index is 11.1. The zero-order valence-electron chi connectivity index (χ0n) is 7.34. The van der Waals surface area contributed by atoms with Crippen molar-refractivity contribution in [2.75, 3.05) is 11.9 Å². The van der Waals surface area contributed by atoms with Crippen LogP contribution in [0.5, 0.6) is 0 Å². The summed E-state index contributed by atoms with van der Waals surface area (Å²) in [4.78, 5) is 12.6. The van der Waals surface area contributed by atoms with Gasteiger partial charge in [0.1, 0.15) is 0 Å². The van der Waals surface area contributed by atoms with Crippen LogP contribution in [0.4, 0.5) is 5.69 Å². The molecular formula is C9H9BrClNO. The molecule has 0 aliphatic rings. The Morgan fingerprint density at radius 3 is 2.62 bits per heavy atom. The van der Waals surface area contributed by atoms with Gasteiger partial charge in [-0.15, -0.1) is 0 Å². The van der Waals surface area contributed by atoms with Crippen molar-refractivity contribution in [3.05, 3.63) is 27.7 Å². The highest BCUT2D eigenvalue weighted by Crippen LogP contribution is 2.28. The summed E-state index contributed by atoms with van der Waals surface area (Å²) < 4.78 is 0.817. The summed E-state index contributed by atoms with van der Waals surface area (Å²) >= 11 is 9.11. The van der Waals surface area contributed by atoms with Gasteiger partial charge in [-0.05, 0) is 34.1 Å². The van der Waals surface area contributed by atoms with E-state index >= 15 is 0 Å². The molecule has 1 aromatic rings. The molecule has 0 aliphatic heterocycles. The van der Waals surface area contributed by atoms with E-state index < -0.39 is 0 Å². The minimum atomic E-state index is -0.0111. The molecule has 0 atom stereocenters. The van der Waals surface area contributed by atoms with Gasteiger partial charge in [0.25, 0.3) is 0 Å². The van der Waals surface area contributed by atoms with E-state index in [4.69, 9.17) is 11.6 Å². The molecule has 0 spiro atoms. The van der Waals surface area contributed by atoms with Crippen molar-refractivity contribution in [2.24, 2.45) is 0 Å². The monoisotopic (exact) mass is 261 g/mol. The summed E-state index contributed by atoms with van der Waals surface area (Å²) in [5.41, 5.74) is 0.817. The molecule has 0 aliphatic carbocycles. The van der Waals surface area contributed by atoms with Gasteiger partial charge in [0.05, 0.1) is 5.69 Å². The van der Waals surface area contributed by atoms with Crippen LogP contribution in [0.1, 0.15) is 6.92 Å². The standard InChI is InChI=1S/C9H9BrClNO/c1-6(13)12(2)9-4-3-7(11)5-8(9)10/h3-5H,1-2H3. The summed E-state index contributed by atoms with van der Waals surface area (Å²) in [5.74, 6) is -0.0111. The van der Waals surface area contributed by atoms with Crippen molar-refractivity contribution < 1.29 is 4.79 Å². The second kappa shape index (κ2) is 4.11. The van der Waals surface area contributed by atoms with Gasteiger partial charge < -0.3 is 4.90 Å². The van der Waals surface area contributed by atoms with Gasteiger partial charge in [0, 0.05) is 23.5 Å². The van der Waals surface area contributed by atoms with Crippen LogP contribution in [-0.4, -0.2) is 13.0 Å². The Morgan fingerprint density at radius 1 is 1.54 bits per heavy atom. The van der Waals surface area contributed by atoms with Gasteiger partial charge in [-0.25, -0.2) is 0 Å². The lowest BCUT2D eigenvalue weighted by molar-refractivity contribution is -0.116. The largest absolute Gasteiger partial charge is 0.315 e. The fourth-order valence-corrected chi connectivity index (χ4v) is 1.87. The van der Waals surface area contributed by atoms with Crippen LogP contribution >= 0.6 is 27.5 Å². The van der Waals surface area contributed by atoms with Crippen LogP contribution in [0, 0.1) is 0 Å². The van der Waals surface area contributed by atoms with Crippen LogP contribution in [0.3, 0.4) is 0 Å². The fraction of sp³-hybridized carbons (Fsp3) is 0.222. The topological polar surface area (TPSA) is 20.3 Å². The lowest BCUT2D eigenvalue weighted by atomic mass is 10.3. The van der Waals surface area contributed by atoms with Crippen molar-refractivity contribution in [1.29, 1.82) is 0 Å². The molecule has 70 valence electrons. The first-order chi connectivity index (χ1) is 6.02. The first kappa shape index (κ1) is 10.5. The summed E-state index contributed by atoms with van der Waals surface area (Å²) in [6, 6.07) is 5.31. The van der Waals surface area contributed by atoms with Crippen molar-refractivity contribution in [3.63, 3.8) is 0 Å². The number of carbonyl (C=O) groups excluding carboxylic acids is 1. The number of nitrogens with zero attached hydrogens (tertiary/aromatic N) is 1. The molecule has 1 amide bonds. The van der Waals surface area contributed by atoms with E-state index in [1.165, 1.54) is 6.92 Å². The Labute approximate surface area is 90.6 Å². The highest BCUT2D eigenvalue weighted by atomic mass is 79.9. The number of benzene rings is 1. The molecule has 2 nitrogen and oxygen atoms in total. The van der Waals surface area contributed by atoms with E-state index in [0.29, 0.717) is 5.02 Å². The lowest BCUT2D eigenvalue weighted by Gasteiger charge is -2.16. The molecule has 0 saturated heterocycles. The normalized spacial score (nSPS) is 9.85. The molecule has 0 fully saturated rings. The summed E-state index contributed by atoms with van der Waals surface area (Å²) in [6.45, 7) is 1.51. The number of hydrogen-bond acceptors (Lipinski definition) is 1. The molecule has 4 heteroatoms. The van der Waals surface area contributed by atoms with Crippen LogP contribution in [0.2, 0.25) is 5.02 Å². The van der Waals surface area contributed by atoms with Crippen LogP contribution in [0.15, 0.2) is 22.7 Å². The van der Waals surface area contributed by atoms with Crippen molar-refractivity contribution in [3.8, 4) is 0 Å². The highest BCUT2D eigenvalue weighted by molar-refractivity contribution is 9.10. The van der Waals surface area contributed by atoms with E-state index in [9.17, 15) is 4.79 Å². The maximum Gasteiger partial charge on any atom is 0.223 e. The Bertz CT molecular complexity index is 340. The minimum absolute atomic E-state index is 0.0111. The lowest BCUT2D eigenvalue weighted by Crippen LogP contribution is -2.23. The first-order valence-corrected chi connectivity index (χ1v) is 4.89. The number of amides is 1. The molecule has 0 N–H and O–H groups in total. The number of halogens is 2. The molecule has 0 radical (unpaired) electrons. The zero-order valence-corrected chi connectivity index (χ0v) is 9.69. The van der Waals surface area contributed by atoms with E-state index in [-0.39, 0.29) is 5.91 Å². The van der Waals surface area contributed by atoms with Gasteiger partial charge in [0.2, 0.25) is 5.91 Å². The molecule has 0 unspecified atom stereocenters. The third-order valence-electron chi connectivity index (χ3n) is 1.74. The number of carbonyl (C=O) groups is 1. The number of anilines is 1. The van der Waals surface area contributed by atoms with Gasteiger partial charge >= 0.3 is 0 Å². The molecule has 0 aromatic heterocycles. The van der Waals surface area contributed by atoms with E-state index in [2.05, 4.69) is 15.9 Å². The number of rotatable bonds is 1. The van der Waals surface area contributed by atoms with Crippen molar-refractivity contribution >= 4 is 39.1 Å². The summed E-state index contributed by atoms with van der Waals surface area (Å²) in [7, 11) is 1.72. The van der Waals surface area contributed by atoms with Crippen molar-refractivity contribution in [2.45, 2.75) is 6.92 Å². The van der Waals surface area contributed by atoms with Crippen LogP contribution in [0.25, 0.3) is 0 Å². The number of hydrogen-bond donors (Lipinski definition) is 0. The van der Waals surface area contributed by atoms with Gasteiger partial charge in [-0.3, -0.25) is 4.79 Å². The second-order valence-electron chi connectivity index (χ2n) is 2.67. The average Bonchev–Trinajstić information content (AvgIpc) is 2.03. The SMILES string of the molecule is CC(=O)N(C)c1ccc(Cl)cc1Br. The molecule has 13 heavy (non-hydrogen) atoms. The molecule has 1 aromatic carbocycles. The third-order valence-corrected chi connectivity index (χ3v) is 2.61. The summed E-state index contributed by atoms with van der Waals surface area (Å²) in [5, 5.41) is 0.646. The molecular weight excluding hydrogens is 253 g/mol. The molecule has 0 heterocycles. The van der Waals surface area contributed by atoms with E-state index in [1.54, 1.807) is 30.1 Å². The van der Waals surface area contributed by atoms with Gasteiger partial charge in [-0.2, -0.15) is 0 Å². The molecule has 1 rings (SSSR count).